The first-order chi connectivity index (χ1) is 6.66. The Hall–Kier alpha value is 0.0149. The number of rotatable bonds is 2. The van der Waals surface area contributed by atoms with Crippen molar-refractivity contribution >= 4 is 18.7 Å². The van der Waals surface area contributed by atoms with Gasteiger partial charge in [-0.3, -0.25) is 0 Å². The maximum absolute atomic E-state index is 6.15. The van der Waals surface area contributed by atoms with E-state index in [-0.39, 0.29) is 11.2 Å². The summed E-state index contributed by atoms with van der Waals surface area (Å²) in [5, 5.41) is 0. The normalized spacial score (nSPS) is 25.1. The monoisotopic (exact) mass is 230 g/mol. The highest BCUT2D eigenvalue weighted by molar-refractivity contribution is 6.69. The van der Waals surface area contributed by atoms with Gasteiger partial charge in [0.25, 0.3) is 0 Å². The molecule has 0 aromatic rings. The van der Waals surface area contributed by atoms with Gasteiger partial charge in [-0.2, -0.15) is 0 Å². The van der Waals surface area contributed by atoms with Crippen LogP contribution in [-0.2, 0) is 9.31 Å². The molecule has 0 saturated carbocycles. The molecule has 0 aromatic carbocycles. The van der Waals surface area contributed by atoms with Gasteiger partial charge >= 0.3 is 7.12 Å². The van der Waals surface area contributed by atoms with Crippen LogP contribution in [0.5, 0.6) is 0 Å². The molecule has 2 nitrogen and oxygen atoms in total. The standard InChI is InChI=1S/C11H20BClO2/c1-8(2)7-9(13)12-14-10(3,4)11(5,6)15-12/h7-8H,1-6H3/b9-7+. The number of hydrogen-bond acceptors (Lipinski definition) is 2. The van der Waals surface area contributed by atoms with Gasteiger partial charge in [0.1, 0.15) is 0 Å². The Morgan fingerprint density at radius 1 is 1.13 bits per heavy atom. The molecule has 0 atom stereocenters. The topological polar surface area (TPSA) is 18.5 Å². The Labute approximate surface area is 98.1 Å². The van der Waals surface area contributed by atoms with Crippen LogP contribution in [0.1, 0.15) is 41.5 Å². The lowest BCUT2D eigenvalue weighted by atomic mass is 9.88. The van der Waals surface area contributed by atoms with Crippen LogP contribution in [0.25, 0.3) is 0 Å². The summed E-state index contributed by atoms with van der Waals surface area (Å²) >= 11 is 6.15. The van der Waals surface area contributed by atoms with Crippen molar-refractivity contribution in [2.24, 2.45) is 5.92 Å². The molecule has 0 unspecified atom stereocenters. The molecular formula is C11H20BClO2. The fraction of sp³-hybridized carbons (Fsp3) is 0.818. The molecule has 0 radical (unpaired) electrons. The van der Waals surface area contributed by atoms with Gasteiger partial charge in [0.2, 0.25) is 0 Å². The van der Waals surface area contributed by atoms with E-state index in [9.17, 15) is 0 Å². The summed E-state index contributed by atoms with van der Waals surface area (Å²) < 4.78 is 11.6. The second-order valence-corrected chi connectivity index (χ2v) is 5.82. The van der Waals surface area contributed by atoms with E-state index >= 15 is 0 Å². The molecule has 1 aliphatic heterocycles. The third-order valence-corrected chi connectivity index (χ3v) is 3.28. The van der Waals surface area contributed by atoms with Crippen molar-refractivity contribution in [1.82, 2.24) is 0 Å². The van der Waals surface area contributed by atoms with Crippen LogP contribution >= 0.6 is 11.6 Å². The molecule has 0 spiro atoms. The van der Waals surface area contributed by atoms with E-state index < -0.39 is 7.12 Å². The molecule has 1 saturated heterocycles. The average molecular weight is 231 g/mol. The summed E-state index contributed by atoms with van der Waals surface area (Å²) in [7, 11) is -0.418. The van der Waals surface area contributed by atoms with Crippen LogP contribution in [0.4, 0.5) is 0 Å². The van der Waals surface area contributed by atoms with Crippen molar-refractivity contribution in [2.75, 3.05) is 0 Å². The van der Waals surface area contributed by atoms with Crippen molar-refractivity contribution in [3.8, 4) is 0 Å². The van der Waals surface area contributed by atoms with E-state index in [0.717, 1.165) is 0 Å². The molecule has 1 fully saturated rings. The van der Waals surface area contributed by atoms with Crippen LogP contribution in [0.15, 0.2) is 11.0 Å². The minimum atomic E-state index is -0.418. The first-order valence-electron chi connectivity index (χ1n) is 5.38. The van der Waals surface area contributed by atoms with Crippen LogP contribution in [-0.4, -0.2) is 18.3 Å². The third kappa shape index (κ3) is 2.77. The molecule has 0 bridgehead atoms. The van der Waals surface area contributed by atoms with Gasteiger partial charge in [-0.1, -0.05) is 31.5 Å². The summed E-state index contributed by atoms with van der Waals surface area (Å²) in [6.45, 7) is 12.2. The highest BCUT2D eigenvalue weighted by Gasteiger charge is 2.52. The quantitative estimate of drug-likeness (QED) is 0.677. The van der Waals surface area contributed by atoms with Gasteiger partial charge in [-0.25, -0.2) is 0 Å². The van der Waals surface area contributed by atoms with E-state index in [2.05, 4.69) is 13.8 Å². The van der Waals surface area contributed by atoms with Crippen molar-refractivity contribution in [3.63, 3.8) is 0 Å². The first kappa shape index (κ1) is 13.1. The molecule has 15 heavy (non-hydrogen) atoms. The molecule has 0 amide bonds. The zero-order valence-electron chi connectivity index (χ0n) is 10.4. The van der Waals surface area contributed by atoms with Gasteiger partial charge in [-0.05, 0) is 33.6 Å². The second-order valence-electron chi connectivity index (χ2n) is 5.38. The highest BCUT2D eigenvalue weighted by Crippen LogP contribution is 2.39. The van der Waals surface area contributed by atoms with Gasteiger partial charge in [0, 0.05) is 4.93 Å². The molecular weight excluding hydrogens is 210 g/mol. The SMILES string of the molecule is CC(C)/C=C(/Cl)B1OC(C)(C)C(C)(C)O1. The summed E-state index contributed by atoms with van der Waals surface area (Å²) in [6, 6.07) is 0. The van der Waals surface area contributed by atoms with Gasteiger partial charge < -0.3 is 9.31 Å². The maximum atomic E-state index is 6.15. The second kappa shape index (κ2) is 4.12. The number of halogens is 1. The number of allylic oxidation sites excluding steroid dienone is 1. The van der Waals surface area contributed by atoms with Gasteiger partial charge in [-0.15, -0.1) is 0 Å². The van der Waals surface area contributed by atoms with E-state index in [1.54, 1.807) is 0 Å². The van der Waals surface area contributed by atoms with E-state index in [1.807, 2.05) is 33.8 Å². The van der Waals surface area contributed by atoms with Crippen LogP contribution < -0.4 is 0 Å². The van der Waals surface area contributed by atoms with Crippen molar-refractivity contribution in [2.45, 2.75) is 52.7 Å². The zero-order valence-corrected chi connectivity index (χ0v) is 11.2. The lowest BCUT2D eigenvalue weighted by molar-refractivity contribution is 0.00578. The lowest BCUT2D eigenvalue weighted by Gasteiger charge is -2.32. The predicted molar refractivity (Wildman–Crippen MR) is 64.9 cm³/mol. The minimum Gasteiger partial charge on any atom is -0.399 e. The molecule has 86 valence electrons. The van der Waals surface area contributed by atoms with Gasteiger partial charge in [0.15, 0.2) is 0 Å². The van der Waals surface area contributed by atoms with Crippen LogP contribution in [0, 0.1) is 5.92 Å². The maximum Gasteiger partial charge on any atom is 0.506 e. The minimum absolute atomic E-state index is 0.317. The highest BCUT2D eigenvalue weighted by atomic mass is 35.5. The van der Waals surface area contributed by atoms with Crippen molar-refractivity contribution in [1.29, 1.82) is 0 Å². The average Bonchev–Trinajstić information content (AvgIpc) is 2.20. The van der Waals surface area contributed by atoms with E-state index in [0.29, 0.717) is 10.8 Å². The summed E-state index contributed by atoms with van der Waals surface area (Å²) in [5.74, 6) is 0.400. The summed E-state index contributed by atoms with van der Waals surface area (Å²) in [5.41, 5.74) is -0.634. The van der Waals surface area contributed by atoms with Crippen LogP contribution in [0.3, 0.4) is 0 Å². The Bertz CT molecular complexity index is 256. The zero-order chi connectivity index (χ0) is 11.9. The fourth-order valence-electron chi connectivity index (χ4n) is 1.35. The first-order valence-corrected chi connectivity index (χ1v) is 5.76. The Kier molecular flexibility index (Phi) is 3.59. The number of hydrogen-bond donors (Lipinski definition) is 0. The Balaban J connectivity index is 2.79. The van der Waals surface area contributed by atoms with E-state index in [1.165, 1.54) is 0 Å². The molecule has 1 heterocycles. The smallest absolute Gasteiger partial charge is 0.399 e. The summed E-state index contributed by atoms with van der Waals surface area (Å²) in [6.07, 6.45) is 1.96. The molecule has 0 aliphatic carbocycles. The third-order valence-electron chi connectivity index (χ3n) is 2.97. The Morgan fingerprint density at radius 3 is 1.87 bits per heavy atom. The summed E-state index contributed by atoms with van der Waals surface area (Å²) in [4.78, 5) is 0.642. The molecule has 4 heteroatoms. The Morgan fingerprint density at radius 2 is 1.53 bits per heavy atom. The fourth-order valence-corrected chi connectivity index (χ4v) is 1.69. The van der Waals surface area contributed by atoms with Crippen molar-refractivity contribution in [3.05, 3.63) is 11.0 Å². The lowest BCUT2D eigenvalue weighted by Crippen LogP contribution is -2.41. The largest absolute Gasteiger partial charge is 0.506 e. The van der Waals surface area contributed by atoms with Crippen LogP contribution in [0.2, 0.25) is 0 Å². The van der Waals surface area contributed by atoms with Gasteiger partial charge in [0.05, 0.1) is 11.2 Å². The molecule has 0 aromatic heterocycles. The predicted octanol–water partition coefficient (Wildman–Crippen LogP) is 3.40. The van der Waals surface area contributed by atoms with E-state index in [4.69, 9.17) is 20.9 Å². The molecule has 1 rings (SSSR count). The molecule has 0 N–H and O–H groups in total. The molecule has 1 aliphatic rings. The van der Waals surface area contributed by atoms with Crippen molar-refractivity contribution < 1.29 is 9.31 Å².